The summed E-state index contributed by atoms with van der Waals surface area (Å²) >= 11 is 0. The summed E-state index contributed by atoms with van der Waals surface area (Å²) in [5, 5.41) is 43.8. The van der Waals surface area contributed by atoms with Crippen molar-refractivity contribution < 1.29 is 29.7 Å². The van der Waals surface area contributed by atoms with Crippen LogP contribution in [0.25, 0.3) is 0 Å². The van der Waals surface area contributed by atoms with Crippen molar-refractivity contribution >= 4 is 17.8 Å². The van der Waals surface area contributed by atoms with Gasteiger partial charge in [0, 0.05) is 5.21 Å². The van der Waals surface area contributed by atoms with E-state index < -0.39 is 23.0 Å². The molecule has 2 rings (SSSR count). The van der Waals surface area contributed by atoms with Crippen LogP contribution in [-0.2, 0) is 5.21 Å². The Labute approximate surface area is 132 Å². The monoisotopic (exact) mass is 321 g/mol. The maximum absolute atomic E-state index is 12.6. The van der Waals surface area contributed by atoms with E-state index in [9.17, 15) is 20.0 Å². The van der Waals surface area contributed by atoms with Gasteiger partial charge in [-0.2, -0.15) is 0 Å². The number of nitrogens with zero attached hydrogens (tertiary/aromatic N) is 2. The van der Waals surface area contributed by atoms with E-state index in [0.29, 0.717) is 9.80 Å². The molecule has 0 saturated heterocycles. The molecule has 1 heterocycles. The van der Waals surface area contributed by atoms with Gasteiger partial charge in [0.05, 0.1) is 16.7 Å². The summed E-state index contributed by atoms with van der Waals surface area (Å²) in [6.45, 7) is 6.38. The average molecular weight is 321 g/mol. The van der Waals surface area contributed by atoms with E-state index in [1.165, 1.54) is 0 Å². The Hall–Kier alpha value is -2.61. The van der Waals surface area contributed by atoms with Crippen LogP contribution >= 0.6 is 0 Å². The summed E-state index contributed by atoms with van der Waals surface area (Å²) in [5.74, 6) is -2.99. The SMILES string of the molecule is CC1(C)N([O])C(c2cc(C(=O)O)cc(C(=O)O)c2)=[N+]([O-])C1(C)C. The topological polar surface area (TPSA) is 124 Å². The van der Waals surface area contributed by atoms with Gasteiger partial charge in [-0.05, 0) is 45.9 Å². The molecule has 1 aromatic rings. The van der Waals surface area contributed by atoms with Gasteiger partial charge < -0.3 is 15.4 Å². The number of carbonyl (C=O) groups is 2. The largest absolute Gasteiger partial charge is 0.714 e. The van der Waals surface area contributed by atoms with Crippen LogP contribution in [0.15, 0.2) is 18.2 Å². The molecule has 1 aliphatic rings. The molecule has 0 fully saturated rings. The maximum atomic E-state index is 12.6. The van der Waals surface area contributed by atoms with E-state index in [1.807, 2.05) is 0 Å². The molecule has 123 valence electrons. The number of benzene rings is 1. The molecule has 0 spiro atoms. The van der Waals surface area contributed by atoms with Crippen LogP contribution in [0.1, 0.15) is 54.0 Å². The summed E-state index contributed by atoms with van der Waals surface area (Å²) in [4.78, 5) is 22.3. The first-order chi connectivity index (χ1) is 10.4. The molecule has 1 aliphatic heterocycles. The van der Waals surface area contributed by atoms with Crippen LogP contribution in [0.2, 0.25) is 0 Å². The zero-order valence-electron chi connectivity index (χ0n) is 13.2. The van der Waals surface area contributed by atoms with Crippen molar-refractivity contribution in [1.29, 1.82) is 0 Å². The lowest BCUT2D eigenvalue weighted by atomic mass is 9.84. The van der Waals surface area contributed by atoms with Crippen molar-refractivity contribution in [3.05, 3.63) is 40.1 Å². The molecule has 1 aromatic carbocycles. The van der Waals surface area contributed by atoms with Gasteiger partial charge in [-0.1, -0.05) is 5.06 Å². The summed E-state index contributed by atoms with van der Waals surface area (Å²) in [6.07, 6.45) is 0. The van der Waals surface area contributed by atoms with Gasteiger partial charge in [0.2, 0.25) is 0 Å². The third-order valence-electron chi connectivity index (χ3n) is 4.58. The first-order valence-corrected chi connectivity index (χ1v) is 6.85. The quantitative estimate of drug-likeness (QED) is 0.643. The first-order valence-electron chi connectivity index (χ1n) is 6.85. The van der Waals surface area contributed by atoms with Crippen molar-refractivity contribution in [1.82, 2.24) is 5.06 Å². The average Bonchev–Trinajstić information content (AvgIpc) is 2.56. The van der Waals surface area contributed by atoms with Gasteiger partial charge in [-0.3, -0.25) is 4.74 Å². The summed E-state index contributed by atoms with van der Waals surface area (Å²) < 4.78 is 0.507. The molecule has 0 aromatic heterocycles. The van der Waals surface area contributed by atoms with Crippen molar-refractivity contribution in [2.24, 2.45) is 0 Å². The number of aromatic carboxylic acids is 2. The molecule has 0 atom stereocenters. The fraction of sp³-hybridized carbons (Fsp3) is 0.400. The van der Waals surface area contributed by atoms with E-state index >= 15 is 0 Å². The minimum atomic E-state index is -1.35. The van der Waals surface area contributed by atoms with Crippen LogP contribution in [-0.4, -0.2) is 48.9 Å². The van der Waals surface area contributed by atoms with Gasteiger partial charge in [0.1, 0.15) is 5.54 Å². The lowest BCUT2D eigenvalue weighted by Crippen LogP contribution is -2.53. The summed E-state index contributed by atoms with van der Waals surface area (Å²) in [6, 6.07) is 3.22. The Morgan fingerprint density at radius 2 is 1.48 bits per heavy atom. The Bertz CT molecular complexity index is 703. The standard InChI is InChI=1S/C15H17N2O6/c1-14(2)15(3,4)17(23)11(16(14)22)8-5-9(12(18)19)7-10(6-8)13(20)21/h5-7H,1-4H3,(H,18,19)(H,20,21). The molecule has 8 nitrogen and oxygen atoms in total. The second-order valence-electron chi connectivity index (χ2n) is 6.44. The van der Waals surface area contributed by atoms with E-state index in [1.54, 1.807) is 27.7 Å². The zero-order chi connectivity index (χ0) is 17.7. The molecule has 8 heteroatoms. The van der Waals surface area contributed by atoms with Crippen LogP contribution in [0.5, 0.6) is 0 Å². The van der Waals surface area contributed by atoms with Gasteiger partial charge in [-0.15, -0.1) is 0 Å². The lowest BCUT2D eigenvalue weighted by molar-refractivity contribution is -0.539. The van der Waals surface area contributed by atoms with Crippen LogP contribution in [0, 0.1) is 5.21 Å². The number of rotatable bonds is 3. The molecule has 0 aliphatic carbocycles. The number of carboxylic acid groups (broad SMARTS) is 2. The molecular weight excluding hydrogens is 304 g/mol. The van der Waals surface area contributed by atoms with E-state index in [-0.39, 0.29) is 22.5 Å². The highest BCUT2D eigenvalue weighted by Crippen LogP contribution is 2.37. The number of amidine groups is 1. The Morgan fingerprint density at radius 3 is 1.78 bits per heavy atom. The normalized spacial score (nSPS) is 19.1. The highest BCUT2D eigenvalue weighted by Gasteiger charge is 2.60. The molecule has 0 amide bonds. The molecule has 1 radical (unpaired) electrons. The highest BCUT2D eigenvalue weighted by molar-refractivity contribution is 6.02. The minimum Gasteiger partial charge on any atom is -0.714 e. The van der Waals surface area contributed by atoms with Crippen molar-refractivity contribution in [2.75, 3.05) is 0 Å². The van der Waals surface area contributed by atoms with Crippen molar-refractivity contribution in [3.8, 4) is 0 Å². The maximum Gasteiger partial charge on any atom is 0.335 e. The van der Waals surface area contributed by atoms with Crippen LogP contribution in [0.4, 0.5) is 0 Å². The van der Waals surface area contributed by atoms with Gasteiger partial charge in [0.25, 0.3) is 0 Å². The Kier molecular flexibility index (Phi) is 3.61. The summed E-state index contributed by atoms with van der Waals surface area (Å²) in [5.41, 5.74) is -2.81. The van der Waals surface area contributed by atoms with E-state index in [0.717, 1.165) is 18.2 Å². The van der Waals surface area contributed by atoms with Crippen LogP contribution in [0.3, 0.4) is 0 Å². The molecule has 0 saturated carbocycles. The predicted molar refractivity (Wildman–Crippen MR) is 78.8 cm³/mol. The number of hydroxylamine groups is 3. The Balaban J connectivity index is 2.73. The van der Waals surface area contributed by atoms with Crippen molar-refractivity contribution in [2.45, 2.75) is 38.8 Å². The zero-order valence-corrected chi connectivity index (χ0v) is 13.2. The molecule has 0 unspecified atom stereocenters. The lowest BCUT2D eigenvalue weighted by Gasteiger charge is -2.32. The number of carboxylic acids is 2. The van der Waals surface area contributed by atoms with Crippen LogP contribution < -0.4 is 0 Å². The second kappa shape index (κ2) is 4.95. The minimum absolute atomic E-state index is 0.0362. The molecular formula is C15H17N2O6. The Morgan fingerprint density at radius 1 is 1.04 bits per heavy atom. The summed E-state index contributed by atoms with van der Waals surface area (Å²) in [7, 11) is 0. The fourth-order valence-electron chi connectivity index (χ4n) is 2.35. The van der Waals surface area contributed by atoms with Crippen molar-refractivity contribution in [3.63, 3.8) is 0 Å². The predicted octanol–water partition coefficient (Wildman–Crippen LogP) is 1.56. The third kappa shape index (κ3) is 2.31. The third-order valence-corrected chi connectivity index (χ3v) is 4.58. The van der Waals surface area contributed by atoms with E-state index in [2.05, 4.69) is 0 Å². The molecule has 23 heavy (non-hydrogen) atoms. The fourth-order valence-corrected chi connectivity index (χ4v) is 2.35. The highest BCUT2D eigenvalue weighted by atomic mass is 16.5. The van der Waals surface area contributed by atoms with Gasteiger partial charge >= 0.3 is 17.8 Å². The first kappa shape index (κ1) is 16.8. The number of hydrogen-bond acceptors (Lipinski definition) is 4. The second-order valence-corrected chi connectivity index (χ2v) is 6.44. The van der Waals surface area contributed by atoms with Gasteiger partial charge in [0.15, 0.2) is 5.54 Å². The van der Waals surface area contributed by atoms with E-state index in [4.69, 9.17) is 10.2 Å². The van der Waals surface area contributed by atoms with Gasteiger partial charge in [-0.25, -0.2) is 9.59 Å². The molecule has 0 bridgehead atoms. The molecule has 2 N–H and O–H groups in total. The number of hydrogen-bond donors (Lipinski definition) is 2. The smallest absolute Gasteiger partial charge is 0.335 e.